The van der Waals surface area contributed by atoms with Crippen molar-refractivity contribution in [3.8, 4) is 23.0 Å². The lowest BCUT2D eigenvalue weighted by molar-refractivity contribution is -0.857. The minimum Gasteiger partial charge on any atom is -0.497 e. The number of carbonyl (C=O) groups excluding carboxylic acids is 3. The number of Topliss-reactive ketones (excluding diaryl/α,β-unsaturated/α-hetero) is 2. The maximum atomic E-state index is 13.7. The number of nitrogens with one attached hydrogen (secondary N) is 1. The predicted octanol–water partition coefficient (Wildman–Crippen LogP) is 0.571. The molecule has 2 aromatic carbocycles. The molecule has 0 aliphatic carbocycles. The number of amides is 1. The summed E-state index contributed by atoms with van der Waals surface area (Å²) in [7, 11) is 6.96. The number of carbonyl (C=O) groups is 3. The fraction of sp³-hybridized carbons (Fsp3) is 0.400. The summed E-state index contributed by atoms with van der Waals surface area (Å²) < 4.78 is 22.1. The molecule has 180 valence electrons. The molecule has 1 saturated heterocycles. The number of hydrogen-bond donors (Lipinski definition) is 1. The van der Waals surface area contributed by atoms with Gasteiger partial charge in [0.25, 0.3) is 5.91 Å². The molecule has 2 aliphatic heterocycles. The lowest BCUT2D eigenvalue weighted by Crippen LogP contribution is -3.06. The average molecular weight is 470 g/mol. The molecular weight excluding hydrogens is 440 g/mol. The van der Waals surface area contributed by atoms with Gasteiger partial charge in [-0.05, 0) is 36.4 Å². The maximum absolute atomic E-state index is 13.7. The molecule has 2 atom stereocenters. The Morgan fingerprint density at radius 3 is 2.44 bits per heavy atom. The fourth-order valence-corrected chi connectivity index (χ4v) is 4.37. The lowest BCUT2D eigenvalue weighted by atomic mass is 9.85. The van der Waals surface area contributed by atoms with E-state index < -0.39 is 29.4 Å². The van der Waals surface area contributed by atoms with E-state index in [9.17, 15) is 14.4 Å². The van der Waals surface area contributed by atoms with Crippen molar-refractivity contribution >= 4 is 17.5 Å². The van der Waals surface area contributed by atoms with Gasteiger partial charge in [0.2, 0.25) is 5.78 Å². The molecule has 9 heteroatoms. The molecule has 1 fully saturated rings. The molecule has 2 heterocycles. The van der Waals surface area contributed by atoms with Gasteiger partial charge in [0.05, 0.1) is 47.4 Å². The van der Waals surface area contributed by atoms with Crippen LogP contribution < -0.4 is 23.8 Å². The van der Waals surface area contributed by atoms with E-state index in [0.717, 1.165) is 4.90 Å². The van der Waals surface area contributed by atoms with Crippen LogP contribution in [0.3, 0.4) is 0 Å². The third-order valence-corrected chi connectivity index (χ3v) is 6.12. The minimum absolute atomic E-state index is 0.280. The molecule has 0 saturated carbocycles. The highest BCUT2D eigenvalue weighted by molar-refractivity contribution is 6.44. The topological polar surface area (TPSA) is 95.8 Å². The van der Waals surface area contributed by atoms with Crippen LogP contribution in [0.1, 0.15) is 22.0 Å². The third kappa shape index (κ3) is 4.31. The van der Waals surface area contributed by atoms with Crippen LogP contribution in [-0.4, -0.2) is 77.0 Å². The SMILES string of the molecule is COc1ccc(OC)c(C2C(C(=O)c3ccc4c(c3)OCCO4)C(=O)C(=O)N2CC[NH+](C)C)c1. The van der Waals surface area contributed by atoms with Crippen LogP contribution in [0.25, 0.3) is 0 Å². The highest BCUT2D eigenvalue weighted by atomic mass is 16.6. The van der Waals surface area contributed by atoms with Crippen molar-refractivity contribution in [3.63, 3.8) is 0 Å². The highest BCUT2D eigenvalue weighted by Gasteiger charge is 2.52. The third-order valence-electron chi connectivity index (χ3n) is 6.12. The minimum atomic E-state index is -1.23. The predicted molar refractivity (Wildman–Crippen MR) is 122 cm³/mol. The van der Waals surface area contributed by atoms with E-state index in [1.807, 2.05) is 14.1 Å². The Morgan fingerprint density at radius 1 is 1.03 bits per heavy atom. The molecule has 0 radical (unpaired) electrons. The second-order valence-corrected chi connectivity index (χ2v) is 8.57. The Bertz CT molecular complexity index is 1110. The number of likely N-dealkylation sites (tertiary alicyclic amines) is 1. The zero-order valence-electron chi connectivity index (χ0n) is 19.8. The summed E-state index contributed by atoms with van der Waals surface area (Å²) in [5, 5.41) is 0. The van der Waals surface area contributed by atoms with Crippen molar-refractivity contribution in [3.05, 3.63) is 47.5 Å². The van der Waals surface area contributed by atoms with Crippen molar-refractivity contribution in [2.24, 2.45) is 5.92 Å². The molecule has 1 amide bonds. The molecule has 9 nitrogen and oxygen atoms in total. The number of rotatable bonds is 8. The first kappa shape index (κ1) is 23.6. The average Bonchev–Trinajstić information content (AvgIpc) is 3.10. The number of fused-ring (bicyclic) bond motifs is 1. The van der Waals surface area contributed by atoms with Gasteiger partial charge >= 0.3 is 0 Å². The number of hydrogen-bond acceptors (Lipinski definition) is 7. The van der Waals surface area contributed by atoms with E-state index in [1.165, 1.54) is 19.1 Å². The highest BCUT2D eigenvalue weighted by Crippen LogP contribution is 2.43. The zero-order chi connectivity index (χ0) is 24.4. The van der Waals surface area contributed by atoms with Gasteiger partial charge in [-0.15, -0.1) is 0 Å². The van der Waals surface area contributed by atoms with Crippen LogP contribution in [0.15, 0.2) is 36.4 Å². The van der Waals surface area contributed by atoms with Crippen LogP contribution in [0.4, 0.5) is 0 Å². The Kier molecular flexibility index (Phi) is 6.74. The summed E-state index contributed by atoms with van der Waals surface area (Å²) in [5.74, 6) is -1.11. The van der Waals surface area contributed by atoms with Gasteiger partial charge in [0.15, 0.2) is 17.3 Å². The Hall–Kier alpha value is -3.59. The van der Waals surface area contributed by atoms with E-state index in [-0.39, 0.29) is 5.56 Å². The van der Waals surface area contributed by atoms with Gasteiger partial charge in [-0.2, -0.15) is 0 Å². The molecule has 34 heavy (non-hydrogen) atoms. The van der Waals surface area contributed by atoms with Crippen LogP contribution in [0.5, 0.6) is 23.0 Å². The van der Waals surface area contributed by atoms with E-state index in [4.69, 9.17) is 18.9 Å². The van der Waals surface area contributed by atoms with E-state index in [0.29, 0.717) is 54.9 Å². The van der Waals surface area contributed by atoms with Crippen LogP contribution >= 0.6 is 0 Å². The van der Waals surface area contributed by atoms with Gasteiger partial charge in [-0.3, -0.25) is 14.4 Å². The molecule has 0 spiro atoms. The number of nitrogens with zero attached hydrogens (tertiary/aromatic N) is 1. The molecule has 2 aromatic rings. The normalized spacial score (nSPS) is 19.5. The van der Waals surface area contributed by atoms with Gasteiger partial charge < -0.3 is 28.7 Å². The largest absolute Gasteiger partial charge is 0.497 e. The fourth-order valence-electron chi connectivity index (χ4n) is 4.37. The zero-order valence-corrected chi connectivity index (χ0v) is 19.8. The second kappa shape index (κ2) is 9.72. The maximum Gasteiger partial charge on any atom is 0.291 e. The van der Waals surface area contributed by atoms with Crippen molar-refractivity contribution in [2.45, 2.75) is 6.04 Å². The smallest absolute Gasteiger partial charge is 0.291 e. The molecule has 1 N–H and O–H groups in total. The Balaban J connectivity index is 1.80. The molecule has 0 bridgehead atoms. The van der Waals surface area contributed by atoms with Gasteiger partial charge in [-0.25, -0.2) is 0 Å². The van der Waals surface area contributed by atoms with Crippen molar-refractivity contribution in [2.75, 3.05) is 54.6 Å². The summed E-state index contributed by atoms with van der Waals surface area (Å²) in [4.78, 5) is 42.7. The van der Waals surface area contributed by atoms with E-state index in [1.54, 1.807) is 36.4 Å². The number of quaternary nitrogens is 1. The van der Waals surface area contributed by atoms with Gasteiger partial charge in [-0.1, -0.05) is 0 Å². The first-order valence-corrected chi connectivity index (χ1v) is 11.1. The quantitative estimate of drug-likeness (QED) is 0.343. The van der Waals surface area contributed by atoms with Gasteiger partial charge in [0, 0.05) is 11.1 Å². The second-order valence-electron chi connectivity index (χ2n) is 8.57. The summed E-state index contributed by atoms with van der Waals surface area (Å²) in [5.41, 5.74) is 0.827. The first-order valence-electron chi connectivity index (χ1n) is 11.1. The molecule has 2 aliphatic rings. The summed E-state index contributed by atoms with van der Waals surface area (Å²) in [6.45, 7) is 1.71. The number of benzene rings is 2. The van der Waals surface area contributed by atoms with Crippen molar-refractivity contribution < 1.29 is 38.2 Å². The summed E-state index contributed by atoms with van der Waals surface area (Å²) >= 11 is 0. The standard InChI is InChI=1S/C25H28N2O7/c1-26(2)9-10-27-22(17-14-16(31-3)6-8-18(17)32-4)21(24(29)25(27)30)23(28)15-5-7-19-20(13-15)34-12-11-33-19/h5-8,13-14,21-22H,9-12H2,1-4H3/p+1. The Morgan fingerprint density at radius 2 is 1.76 bits per heavy atom. The molecule has 0 aromatic heterocycles. The molecular formula is C25H29N2O7+. The van der Waals surface area contributed by atoms with Crippen LogP contribution in [0.2, 0.25) is 0 Å². The summed E-state index contributed by atoms with van der Waals surface area (Å²) in [6.07, 6.45) is 0. The molecule has 4 rings (SSSR count). The van der Waals surface area contributed by atoms with E-state index >= 15 is 0 Å². The van der Waals surface area contributed by atoms with Gasteiger partial charge in [0.1, 0.15) is 30.6 Å². The van der Waals surface area contributed by atoms with E-state index in [2.05, 4.69) is 0 Å². The summed E-state index contributed by atoms with van der Waals surface area (Å²) in [6, 6.07) is 9.15. The van der Waals surface area contributed by atoms with Crippen LogP contribution in [-0.2, 0) is 9.59 Å². The number of methoxy groups -OCH3 is 2. The van der Waals surface area contributed by atoms with Crippen molar-refractivity contribution in [1.29, 1.82) is 0 Å². The number of ether oxygens (including phenoxy) is 4. The molecule has 2 unspecified atom stereocenters. The van der Waals surface area contributed by atoms with Crippen LogP contribution in [0, 0.1) is 5.92 Å². The van der Waals surface area contributed by atoms with Crippen molar-refractivity contribution in [1.82, 2.24) is 4.90 Å². The lowest BCUT2D eigenvalue weighted by Gasteiger charge is -2.29. The Labute approximate surface area is 198 Å². The first-order chi connectivity index (χ1) is 16.3. The number of likely N-dealkylation sites (N-methyl/N-ethyl adjacent to an activating group) is 1. The monoisotopic (exact) mass is 469 g/mol. The number of ketones is 2.